The van der Waals surface area contributed by atoms with Gasteiger partial charge in [0.05, 0.1) is 0 Å². The van der Waals surface area contributed by atoms with E-state index >= 15 is 0 Å². The predicted octanol–water partition coefficient (Wildman–Crippen LogP) is 16.5. The minimum atomic E-state index is -0.762. The largest absolute Gasteiger partial charge is 0.462 e. The van der Waals surface area contributed by atoms with Crippen LogP contribution in [0.3, 0.4) is 0 Å². The summed E-state index contributed by atoms with van der Waals surface area (Å²) in [5.41, 5.74) is 0. The molecule has 0 radical (unpaired) electrons. The number of carbonyl (C=O) groups is 3. The van der Waals surface area contributed by atoms with Crippen LogP contribution in [-0.4, -0.2) is 37.2 Å². The lowest BCUT2D eigenvalue weighted by Gasteiger charge is -2.18. The second-order valence-electron chi connectivity index (χ2n) is 18.5. The number of hydrogen-bond donors (Lipinski definition) is 0. The Morgan fingerprint density at radius 3 is 0.983 bits per heavy atom. The molecule has 0 bridgehead atoms. The van der Waals surface area contributed by atoms with Gasteiger partial charge >= 0.3 is 17.9 Å². The molecule has 6 nitrogen and oxygen atoms in total. The zero-order valence-corrected chi connectivity index (χ0v) is 39.7. The highest BCUT2D eigenvalue weighted by Gasteiger charge is 2.19. The third-order valence-electron chi connectivity index (χ3n) is 12.1. The predicted molar refractivity (Wildman–Crippen MR) is 247 cm³/mol. The molecule has 0 spiro atoms. The van der Waals surface area contributed by atoms with Crippen LogP contribution >= 0.6 is 0 Å². The Balaban J connectivity index is 4.30. The molecule has 0 rings (SSSR count). The van der Waals surface area contributed by atoms with Crippen molar-refractivity contribution in [2.45, 2.75) is 291 Å². The Kier molecular flexibility index (Phi) is 43.7. The van der Waals surface area contributed by atoms with Crippen LogP contribution in [0.5, 0.6) is 0 Å². The van der Waals surface area contributed by atoms with Crippen LogP contribution in [0.1, 0.15) is 285 Å². The summed E-state index contributed by atoms with van der Waals surface area (Å²) in [6.07, 6.45) is 45.2. The third kappa shape index (κ3) is 44.0. The molecular formula is C52H100O6. The zero-order chi connectivity index (χ0) is 42.6. The highest BCUT2D eigenvalue weighted by atomic mass is 16.6. The van der Waals surface area contributed by atoms with E-state index in [9.17, 15) is 14.4 Å². The molecule has 0 aliphatic heterocycles. The Bertz CT molecular complexity index is 887. The van der Waals surface area contributed by atoms with Crippen molar-refractivity contribution in [3.63, 3.8) is 0 Å². The fourth-order valence-electron chi connectivity index (χ4n) is 7.78. The normalized spacial score (nSPS) is 12.5. The summed E-state index contributed by atoms with van der Waals surface area (Å²) in [6, 6.07) is 0. The van der Waals surface area contributed by atoms with Gasteiger partial charge in [0.25, 0.3) is 0 Å². The van der Waals surface area contributed by atoms with E-state index in [0.717, 1.165) is 69.6 Å². The highest BCUT2D eigenvalue weighted by Crippen LogP contribution is 2.18. The highest BCUT2D eigenvalue weighted by molar-refractivity contribution is 5.71. The molecule has 1 unspecified atom stereocenters. The average Bonchev–Trinajstić information content (AvgIpc) is 3.21. The molecule has 58 heavy (non-hydrogen) atoms. The maximum absolute atomic E-state index is 12.8. The third-order valence-corrected chi connectivity index (χ3v) is 12.1. The quantitative estimate of drug-likeness (QED) is 0.0346. The molecule has 0 fully saturated rings. The van der Waals surface area contributed by atoms with E-state index in [0.29, 0.717) is 19.3 Å². The number of rotatable bonds is 46. The standard InChI is InChI=1S/C52H100O6/c1-6-8-9-10-11-12-13-14-15-16-20-23-26-32-37-42-50(53)56-45-49(46-57-51(54)43-38-33-29-28-31-36-41-48(5)7-2)58-52(55)44-39-34-27-24-21-18-17-19-22-25-30-35-40-47(3)4/h47-49H,6-46H2,1-5H3/t48?,49-/m0/s1. The molecule has 344 valence electrons. The summed E-state index contributed by atoms with van der Waals surface area (Å²) in [7, 11) is 0. The Morgan fingerprint density at radius 2 is 0.655 bits per heavy atom. The average molecular weight is 821 g/mol. The molecular weight excluding hydrogens is 721 g/mol. The van der Waals surface area contributed by atoms with Crippen LogP contribution in [0, 0.1) is 11.8 Å². The summed E-state index contributed by atoms with van der Waals surface area (Å²) in [4.78, 5) is 37.9. The minimum absolute atomic E-state index is 0.0643. The molecule has 0 aromatic rings. The lowest BCUT2D eigenvalue weighted by atomic mass is 10.00. The second kappa shape index (κ2) is 44.9. The fourth-order valence-corrected chi connectivity index (χ4v) is 7.78. The van der Waals surface area contributed by atoms with Gasteiger partial charge in [0, 0.05) is 19.3 Å². The smallest absolute Gasteiger partial charge is 0.306 e. The van der Waals surface area contributed by atoms with Gasteiger partial charge in [-0.2, -0.15) is 0 Å². The van der Waals surface area contributed by atoms with E-state index in [-0.39, 0.29) is 31.1 Å². The molecule has 0 heterocycles. The number of ether oxygens (including phenoxy) is 3. The fraction of sp³-hybridized carbons (Fsp3) is 0.942. The van der Waals surface area contributed by atoms with Crippen molar-refractivity contribution in [2.24, 2.45) is 11.8 Å². The zero-order valence-electron chi connectivity index (χ0n) is 39.7. The van der Waals surface area contributed by atoms with Crippen molar-refractivity contribution >= 4 is 17.9 Å². The number of carbonyl (C=O) groups excluding carboxylic acids is 3. The molecule has 2 atom stereocenters. The first kappa shape index (κ1) is 56.4. The van der Waals surface area contributed by atoms with Gasteiger partial charge in [-0.15, -0.1) is 0 Å². The van der Waals surface area contributed by atoms with E-state index in [2.05, 4.69) is 34.6 Å². The molecule has 0 aromatic carbocycles. The van der Waals surface area contributed by atoms with E-state index in [1.165, 1.54) is 173 Å². The monoisotopic (exact) mass is 821 g/mol. The van der Waals surface area contributed by atoms with Crippen molar-refractivity contribution in [1.29, 1.82) is 0 Å². The summed E-state index contributed by atoms with van der Waals surface area (Å²) >= 11 is 0. The maximum Gasteiger partial charge on any atom is 0.306 e. The summed E-state index contributed by atoms with van der Waals surface area (Å²) in [6.45, 7) is 11.3. The molecule has 0 aliphatic carbocycles. The summed E-state index contributed by atoms with van der Waals surface area (Å²) in [5.74, 6) is 0.795. The van der Waals surface area contributed by atoms with E-state index in [1.54, 1.807) is 0 Å². The topological polar surface area (TPSA) is 78.9 Å². The van der Waals surface area contributed by atoms with Crippen LogP contribution < -0.4 is 0 Å². The molecule has 0 amide bonds. The van der Waals surface area contributed by atoms with Crippen molar-refractivity contribution in [3.8, 4) is 0 Å². The molecule has 6 heteroatoms. The lowest BCUT2D eigenvalue weighted by Crippen LogP contribution is -2.30. The number of hydrogen-bond acceptors (Lipinski definition) is 6. The van der Waals surface area contributed by atoms with Crippen LogP contribution in [0.4, 0.5) is 0 Å². The van der Waals surface area contributed by atoms with Crippen LogP contribution in [0.25, 0.3) is 0 Å². The van der Waals surface area contributed by atoms with Gasteiger partial charge in [-0.05, 0) is 31.1 Å². The van der Waals surface area contributed by atoms with Crippen LogP contribution in [0.15, 0.2) is 0 Å². The van der Waals surface area contributed by atoms with Gasteiger partial charge in [-0.3, -0.25) is 14.4 Å². The molecule has 0 saturated heterocycles. The van der Waals surface area contributed by atoms with Gasteiger partial charge in [-0.1, -0.05) is 247 Å². The van der Waals surface area contributed by atoms with E-state index < -0.39 is 6.10 Å². The van der Waals surface area contributed by atoms with Crippen LogP contribution in [0.2, 0.25) is 0 Å². The lowest BCUT2D eigenvalue weighted by molar-refractivity contribution is -0.167. The minimum Gasteiger partial charge on any atom is -0.462 e. The molecule has 0 aliphatic rings. The van der Waals surface area contributed by atoms with Gasteiger partial charge in [-0.25, -0.2) is 0 Å². The first-order valence-corrected chi connectivity index (χ1v) is 25.8. The van der Waals surface area contributed by atoms with Crippen molar-refractivity contribution < 1.29 is 28.6 Å². The maximum atomic E-state index is 12.8. The first-order chi connectivity index (χ1) is 28.3. The molecule has 0 N–H and O–H groups in total. The SMILES string of the molecule is CCCCCCCCCCCCCCCCCC(=O)OC[C@@H](COC(=O)CCCCCCCCC(C)CC)OC(=O)CCCCCCCCCCCCCCC(C)C. The summed E-state index contributed by atoms with van der Waals surface area (Å²) < 4.78 is 16.8. The van der Waals surface area contributed by atoms with Gasteiger partial charge in [0.15, 0.2) is 6.10 Å². The van der Waals surface area contributed by atoms with Gasteiger partial charge in [0.1, 0.15) is 13.2 Å². The van der Waals surface area contributed by atoms with Crippen molar-refractivity contribution in [1.82, 2.24) is 0 Å². The van der Waals surface area contributed by atoms with E-state index in [1.807, 2.05) is 0 Å². The van der Waals surface area contributed by atoms with Crippen molar-refractivity contribution in [3.05, 3.63) is 0 Å². The van der Waals surface area contributed by atoms with E-state index in [4.69, 9.17) is 14.2 Å². The molecule has 0 saturated carbocycles. The van der Waals surface area contributed by atoms with Crippen molar-refractivity contribution in [2.75, 3.05) is 13.2 Å². The number of esters is 3. The Labute approximate surface area is 361 Å². The first-order valence-electron chi connectivity index (χ1n) is 25.8. The summed E-state index contributed by atoms with van der Waals surface area (Å²) in [5, 5.41) is 0. The molecule has 0 aromatic heterocycles. The van der Waals surface area contributed by atoms with Gasteiger partial charge in [0.2, 0.25) is 0 Å². The van der Waals surface area contributed by atoms with Gasteiger partial charge < -0.3 is 14.2 Å². The number of unbranched alkanes of at least 4 members (excludes halogenated alkanes) is 30. The second-order valence-corrected chi connectivity index (χ2v) is 18.5. The van der Waals surface area contributed by atoms with Crippen LogP contribution in [-0.2, 0) is 28.6 Å². The Hall–Kier alpha value is -1.59. The Morgan fingerprint density at radius 1 is 0.362 bits per heavy atom.